The van der Waals surface area contributed by atoms with E-state index in [0.29, 0.717) is 41.6 Å². The van der Waals surface area contributed by atoms with E-state index < -0.39 is 30.1 Å². The van der Waals surface area contributed by atoms with Crippen LogP contribution in [0.3, 0.4) is 0 Å². The molecule has 7 heteroatoms. The van der Waals surface area contributed by atoms with E-state index in [1.807, 2.05) is 6.08 Å². The van der Waals surface area contributed by atoms with E-state index in [1.165, 1.54) is 13.2 Å². The lowest BCUT2D eigenvalue weighted by atomic mass is 9.44. The molecule has 40 heavy (non-hydrogen) atoms. The maximum absolute atomic E-state index is 13.5. The minimum Gasteiger partial charge on any atom is -0.493 e. The van der Waals surface area contributed by atoms with Gasteiger partial charge in [0.25, 0.3) is 0 Å². The number of hydrogen-bond acceptors (Lipinski definition) is 7. The van der Waals surface area contributed by atoms with Crippen LogP contribution in [0, 0.1) is 34.0 Å². The number of methoxy groups -OCH3 is 2. The molecular formula is C33H44O7. The zero-order chi connectivity index (χ0) is 29.3. The molecule has 0 unspecified atom stereocenters. The molecule has 218 valence electrons. The molecule has 0 radical (unpaired) electrons. The number of carbonyl (C=O) groups excluding carboxylic acids is 3. The maximum Gasteiger partial charge on any atom is 0.344 e. The Bertz CT molecular complexity index is 1190. The van der Waals surface area contributed by atoms with Crippen LogP contribution in [0.15, 0.2) is 36.9 Å². The predicted octanol–water partition coefficient (Wildman–Crippen LogP) is 6.20. The molecule has 3 saturated carbocycles. The Hall–Kier alpha value is -3.09. The number of Topliss-reactive ketones (excluding diaryl/α,β-unsaturated/α-hetero) is 1. The van der Waals surface area contributed by atoms with Crippen molar-refractivity contribution in [3.63, 3.8) is 0 Å². The molecule has 0 aliphatic heterocycles. The summed E-state index contributed by atoms with van der Waals surface area (Å²) in [4.78, 5) is 39.0. The van der Waals surface area contributed by atoms with Crippen LogP contribution in [0.5, 0.6) is 11.5 Å². The highest BCUT2D eigenvalue weighted by Crippen LogP contribution is 2.68. The number of hydrogen-bond donors (Lipinski definition) is 0. The second-order valence-electron chi connectivity index (χ2n) is 12.6. The van der Waals surface area contributed by atoms with E-state index in [2.05, 4.69) is 34.3 Å². The Balaban J connectivity index is 1.49. The van der Waals surface area contributed by atoms with Crippen LogP contribution in [0.25, 0.3) is 6.08 Å². The highest BCUT2D eigenvalue weighted by Gasteiger charge is 2.66. The lowest BCUT2D eigenvalue weighted by Crippen LogP contribution is -2.60. The van der Waals surface area contributed by atoms with Crippen molar-refractivity contribution in [2.24, 2.45) is 34.0 Å². The number of esters is 2. The average molecular weight is 553 g/mol. The van der Waals surface area contributed by atoms with Crippen LogP contribution >= 0.6 is 0 Å². The molecule has 0 N–H and O–H groups in total. The van der Waals surface area contributed by atoms with Gasteiger partial charge in [0.05, 0.1) is 14.2 Å². The van der Waals surface area contributed by atoms with Crippen LogP contribution in [0.4, 0.5) is 0 Å². The number of ether oxygens (including phenoxy) is 4. The summed E-state index contributed by atoms with van der Waals surface area (Å²) in [6.45, 7) is 12.4. The third-order valence-electron chi connectivity index (χ3n) is 10.5. The van der Waals surface area contributed by atoms with Gasteiger partial charge in [-0.1, -0.05) is 39.8 Å². The van der Waals surface area contributed by atoms with Gasteiger partial charge in [-0.25, -0.2) is 9.59 Å². The number of rotatable bonds is 8. The summed E-state index contributed by atoms with van der Waals surface area (Å²) >= 11 is 0. The van der Waals surface area contributed by atoms with Crippen molar-refractivity contribution >= 4 is 23.8 Å². The molecule has 0 saturated heterocycles. The second kappa shape index (κ2) is 11.4. The number of carbonyl (C=O) groups is 3. The Kier molecular flexibility index (Phi) is 8.53. The van der Waals surface area contributed by atoms with Gasteiger partial charge in [0, 0.05) is 23.8 Å². The first-order chi connectivity index (χ1) is 18.9. The van der Waals surface area contributed by atoms with E-state index >= 15 is 0 Å². The van der Waals surface area contributed by atoms with Crippen molar-refractivity contribution in [2.45, 2.75) is 72.3 Å². The lowest BCUT2D eigenvalue weighted by molar-refractivity contribution is -0.195. The quantitative estimate of drug-likeness (QED) is 0.216. The summed E-state index contributed by atoms with van der Waals surface area (Å²) in [5.41, 5.74) is -0.105. The van der Waals surface area contributed by atoms with Crippen molar-refractivity contribution in [1.82, 2.24) is 0 Å². The second-order valence-corrected chi connectivity index (χ2v) is 12.6. The molecule has 1 aromatic carbocycles. The topological polar surface area (TPSA) is 88.1 Å². The van der Waals surface area contributed by atoms with E-state index in [4.69, 9.17) is 18.9 Å². The summed E-state index contributed by atoms with van der Waals surface area (Å²) < 4.78 is 21.9. The number of benzene rings is 1. The van der Waals surface area contributed by atoms with Crippen LogP contribution in [0.1, 0.15) is 71.8 Å². The largest absolute Gasteiger partial charge is 0.493 e. The molecule has 0 heterocycles. The van der Waals surface area contributed by atoms with Crippen molar-refractivity contribution < 1.29 is 33.3 Å². The zero-order valence-corrected chi connectivity index (χ0v) is 24.8. The van der Waals surface area contributed by atoms with Crippen molar-refractivity contribution in [3.8, 4) is 11.5 Å². The molecule has 7 nitrogen and oxygen atoms in total. The highest BCUT2D eigenvalue weighted by molar-refractivity contribution is 5.89. The average Bonchev–Trinajstić information content (AvgIpc) is 3.29. The molecule has 3 aliphatic rings. The van der Waals surface area contributed by atoms with Crippen molar-refractivity contribution in [3.05, 3.63) is 42.5 Å². The molecule has 2 bridgehead atoms. The van der Waals surface area contributed by atoms with Crippen molar-refractivity contribution in [1.29, 1.82) is 0 Å². The van der Waals surface area contributed by atoms with Crippen LogP contribution in [0.2, 0.25) is 0 Å². The fraction of sp³-hybridized carbons (Fsp3) is 0.606. The van der Waals surface area contributed by atoms with E-state index in [-0.39, 0.29) is 22.7 Å². The summed E-state index contributed by atoms with van der Waals surface area (Å²) in [5, 5.41) is 0. The first-order valence-electron chi connectivity index (χ1n) is 14.3. The molecule has 3 aliphatic carbocycles. The Morgan fingerprint density at radius 2 is 1.77 bits per heavy atom. The van der Waals surface area contributed by atoms with Gasteiger partial charge in [-0.2, -0.15) is 0 Å². The maximum atomic E-state index is 13.5. The first-order valence-corrected chi connectivity index (χ1v) is 14.3. The molecule has 3 fully saturated rings. The van der Waals surface area contributed by atoms with Gasteiger partial charge in [-0.05, 0) is 78.5 Å². The molecule has 0 aromatic heterocycles. The minimum absolute atomic E-state index is 0.0743. The summed E-state index contributed by atoms with van der Waals surface area (Å²) in [6, 6.07) is 5.26. The van der Waals surface area contributed by atoms with E-state index in [0.717, 1.165) is 25.7 Å². The number of ketones is 1. The molecule has 7 atom stereocenters. The Morgan fingerprint density at radius 3 is 2.45 bits per heavy atom. The van der Waals surface area contributed by atoms with Gasteiger partial charge >= 0.3 is 11.9 Å². The first kappa shape index (κ1) is 29.9. The van der Waals surface area contributed by atoms with Gasteiger partial charge in [-0.3, -0.25) is 4.79 Å². The van der Waals surface area contributed by atoms with Gasteiger partial charge in [0.15, 0.2) is 18.1 Å². The smallest absolute Gasteiger partial charge is 0.344 e. The SMILES string of the molecule is C=C[C@@]1(C)C[C@H](C)[C@]23CCC(=O)[C@H]2[C@@](C)([C@H](C)CC3)[C@H](OC(=O)COC(=O)/C=C/c2ccc(OC)c(OC)c2)C1. The van der Waals surface area contributed by atoms with Crippen LogP contribution in [-0.4, -0.2) is 44.7 Å². The third kappa shape index (κ3) is 5.31. The van der Waals surface area contributed by atoms with Crippen LogP contribution in [-0.2, 0) is 23.9 Å². The molecule has 4 rings (SSSR count). The monoisotopic (exact) mass is 552 g/mol. The fourth-order valence-corrected chi connectivity index (χ4v) is 8.02. The van der Waals surface area contributed by atoms with Gasteiger partial charge in [0.2, 0.25) is 0 Å². The summed E-state index contributed by atoms with van der Waals surface area (Å²) in [7, 11) is 3.09. The zero-order valence-electron chi connectivity index (χ0n) is 24.8. The fourth-order valence-electron chi connectivity index (χ4n) is 8.02. The molecule has 1 aromatic rings. The molecular weight excluding hydrogens is 508 g/mol. The van der Waals surface area contributed by atoms with E-state index in [9.17, 15) is 14.4 Å². The van der Waals surface area contributed by atoms with Crippen molar-refractivity contribution in [2.75, 3.05) is 20.8 Å². The predicted molar refractivity (Wildman–Crippen MR) is 153 cm³/mol. The van der Waals surface area contributed by atoms with Gasteiger partial charge in [0.1, 0.15) is 11.9 Å². The van der Waals surface area contributed by atoms with Crippen LogP contribution < -0.4 is 9.47 Å². The standard InChI is InChI=1S/C33H44O7/c1-8-31(4)18-22(3)33-15-13-21(2)32(5,30(33)24(34)14-16-33)27(19-31)40-29(36)20-39-28(35)12-10-23-9-11-25(37-6)26(17-23)38-7/h8-12,17,21-22,27,30H,1,13-16,18-20H2,2-7H3/b12-10+/t21-,22+,27-,30+,31+,32+,33+/m1/s1. The third-order valence-corrected chi connectivity index (χ3v) is 10.5. The highest BCUT2D eigenvalue weighted by atomic mass is 16.6. The molecule has 0 spiro atoms. The lowest BCUT2D eigenvalue weighted by Gasteiger charge is -2.60. The molecule has 0 amide bonds. The summed E-state index contributed by atoms with van der Waals surface area (Å²) in [5.74, 6) is 0.597. The number of allylic oxidation sites excluding steroid dienone is 1. The van der Waals surface area contributed by atoms with Gasteiger partial charge < -0.3 is 18.9 Å². The van der Waals surface area contributed by atoms with E-state index in [1.54, 1.807) is 31.4 Å². The minimum atomic E-state index is -0.656. The Labute approximate surface area is 238 Å². The summed E-state index contributed by atoms with van der Waals surface area (Å²) in [6.07, 6.45) is 9.34. The Morgan fingerprint density at radius 1 is 1.05 bits per heavy atom. The normalized spacial score (nSPS) is 35.3. The van der Waals surface area contributed by atoms with Gasteiger partial charge in [-0.15, -0.1) is 6.58 Å².